The highest BCUT2D eigenvalue weighted by molar-refractivity contribution is 5.77. The molecule has 1 amide bonds. The molecule has 0 N–H and O–H groups in total. The molecule has 4 nitrogen and oxygen atoms in total. The van der Waals surface area contributed by atoms with Gasteiger partial charge >= 0.3 is 0 Å². The summed E-state index contributed by atoms with van der Waals surface area (Å²) in [6, 6.07) is 11.5. The Morgan fingerprint density at radius 2 is 2.24 bits per heavy atom. The lowest BCUT2D eigenvalue weighted by Crippen LogP contribution is -2.33. The summed E-state index contributed by atoms with van der Waals surface area (Å²) in [6.07, 6.45) is 5.09. The number of carbonyl (C=O) groups is 1. The van der Waals surface area contributed by atoms with Gasteiger partial charge < -0.3 is 9.64 Å². The molecule has 132 valence electrons. The summed E-state index contributed by atoms with van der Waals surface area (Å²) >= 11 is 0. The maximum atomic E-state index is 13.7. The second-order valence-corrected chi connectivity index (χ2v) is 6.39. The van der Waals surface area contributed by atoms with Gasteiger partial charge in [0.1, 0.15) is 5.82 Å². The van der Waals surface area contributed by atoms with Crippen molar-refractivity contribution in [3.63, 3.8) is 0 Å². The van der Waals surface area contributed by atoms with Crippen LogP contribution in [0.2, 0.25) is 0 Å². The third-order valence-corrected chi connectivity index (χ3v) is 4.62. The smallest absolute Gasteiger partial charge is 0.223 e. The first kappa shape index (κ1) is 17.5. The van der Waals surface area contributed by atoms with Crippen molar-refractivity contribution in [3.8, 4) is 0 Å². The molecule has 0 spiro atoms. The minimum Gasteiger partial charge on any atom is -0.378 e. The first-order chi connectivity index (χ1) is 12.1. The number of amides is 1. The summed E-state index contributed by atoms with van der Waals surface area (Å²) in [6.45, 7) is 0.786. The van der Waals surface area contributed by atoms with E-state index < -0.39 is 6.04 Å². The van der Waals surface area contributed by atoms with E-state index >= 15 is 0 Å². The van der Waals surface area contributed by atoms with Gasteiger partial charge in [-0.15, -0.1) is 0 Å². The molecular formula is C20H23FN2O2. The van der Waals surface area contributed by atoms with E-state index in [1.807, 2.05) is 24.3 Å². The Labute approximate surface area is 147 Å². The molecule has 0 saturated carbocycles. The SMILES string of the molecule is CN(C(=O)CCC1CCCO1)C(c1cccc(F)c1)c1ccccn1. The molecule has 1 aromatic carbocycles. The molecule has 0 radical (unpaired) electrons. The lowest BCUT2D eigenvalue weighted by atomic mass is 10.0. The Kier molecular flexibility index (Phi) is 5.76. The Balaban J connectivity index is 1.79. The van der Waals surface area contributed by atoms with Crippen molar-refractivity contribution in [2.24, 2.45) is 0 Å². The van der Waals surface area contributed by atoms with Crippen LogP contribution in [0.25, 0.3) is 0 Å². The average molecular weight is 342 g/mol. The monoisotopic (exact) mass is 342 g/mol. The maximum Gasteiger partial charge on any atom is 0.223 e. The van der Waals surface area contributed by atoms with Gasteiger partial charge in [-0.1, -0.05) is 18.2 Å². The Morgan fingerprint density at radius 3 is 2.92 bits per heavy atom. The molecule has 3 rings (SSSR count). The van der Waals surface area contributed by atoms with Crippen molar-refractivity contribution in [1.82, 2.24) is 9.88 Å². The topological polar surface area (TPSA) is 42.4 Å². The van der Waals surface area contributed by atoms with Crippen molar-refractivity contribution in [3.05, 3.63) is 65.7 Å². The van der Waals surface area contributed by atoms with Crippen molar-refractivity contribution in [2.45, 2.75) is 37.8 Å². The standard InChI is InChI=1S/C20H23FN2O2/c1-23(19(24)11-10-17-8-5-13-25-17)20(18-9-2-3-12-22-18)15-6-4-7-16(21)14-15/h2-4,6-7,9,12,14,17,20H,5,8,10-11,13H2,1H3. The first-order valence-electron chi connectivity index (χ1n) is 8.69. The largest absolute Gasteiger partial charge is 0.378 e. The minimum atomic E-state index is -0.408. The molecule has 2 aromatic rings. The number of pyridine rings is 1. The molecule has 1 aromatic heterocycles. The second kappa shape index (κ2) is 8.21. The maximum absolute atomic E-state index is 13.7. The van der Waals surface area contributed by atoms with Crippen LogP contribution >= 0.6 is 0 Å². The lowest BCUT2D eigenvalue weighted by Gasteiger charge is -2.28. The van der Waals surface area contributed by atoms with Gasteiger partial charge in [-0.2, -0.15) is 0 Å². The van der Waals surface area contributed by atoms with E-state index in [2.05, 4.69) is 4.98 Å². The third-order valence-electron chi connectivity index (χ3n) is 4.62. The van der Waals surface area contributed by atoms with E-state index in [4.69, 9.17) is 4.74 Å². The molecule has 25 heavy (non-hydrogen) atoms. The summed E-state index contributed by atoms with van der Waals surface area (Å²) in [7, 11) is 1.75. The van der Waals surface area contributed by atoms with Crippen molar-refractivity contribution >= 4 is 5.91 Å². The summed E-state index contributed by atoms with van der Waals surface area (Å²) in [5.74, 6) is -0.311. The van der Waals surface area contributed by atoms with E-state index in [1.165, 1.54) is 12.1 Å². The zero-order valence-corrected chi connectivity index (χ0v) is 14.4. The zero-order chi connectivity index (χ0) is 17.6. The van der Waals surface area contributed by atoms with E-state index in [0.717, 1.165) is 31.6 Å². The molecule has 2 heterocycles. The number of benzene rings is 1. The fraction of sp³-hybridized carbons (Fsp3) is 0.400. The molecule has 2 unspecified atom stereocenters. The van der Waals surface area contributed by atoms with Crippen LogP contribution in [0.5, 0.6) is 0 Å². The van der Waals surface area contributed by atoms with Crippen molar-refractivity contribution in [2.75, 3.05) is 13.7 Å². The highest BCUT2D eigenvalue weighted by atomic mass is 19.1. The van der Waals surface area contributed by atoms with Crippen LogP contribution in [-0.4, -0.2) is 35.5 Å². The lowest BCUT2D eigenvalue weighted by molar-refractivity contribution is -0.132. The third kappa shape index (κ3) is 4.42. The van der Waals surface area contributed by atoms with Gasteiger partial charge in [0, 0.05) is 26.3 Å². The molecule has 5 heteroatoms. The second-order valence-electron chi connectivity index (χ2n) is 6.39. The van der Waals surface area contributed by atoms with Crippen LogP contribution in [0.4, 0.5) is 4.39 Å². The zero-order valence-electron chi connectivity index (χ0n) is 14.4. The minimum absolute atomic E-state index is 0.00964. The number of aromatic nitrogens is 1. The highest BCUT2D eigenvalue weighted by Gasteiger charge is 2.26. The Hall–Kier alpha value is -2.27. The van der Waals surface area contributed by atoms with Crippen LogP contribution in [0.15, 0.2) is 48.7 Å². The van der Waals surface area contributed by atoms with Crippen molar-refractivity contribution in [1.29, 1.82) is 0 Å². The molecular weight excluding hydrogens is 319 g/mol. The highest BCUT2D eigenvalue weighted by Crippen LogP contribution is 2.28. The predicted octanol–water partition coefficient (Wildman–Crippen LogP) is 3.73. The predicted molar refractivity (Wildman–Crippen MR) is 93.5 cm³/mol. The van der Waals surface area contributed by atoms with E-state index in [9.17, 15) is 9.18 Å². The Morgan fingerprint density at radius 1 is 1.36 bits per heavy atom. The number of hydrogen-bond donors (Lipinski definition) is 0. The van der Waals surface area contributed by atoms with Crippen LogP contribution < -0.4 is 0 Å². The average Bonchev–Trinajstić information content (AvgIpc) is 3.14. The van der Waals surface area contributed by atoms with Gasteiger partial charge in [0.25, 0.3) is 0 Å². The fourth-order valence-corrected chi connectivity index (χ4v) is 3.28. The van der Waals surface area contributed by atoms with Gasteiger partial charge in [0.15, 0.2) is 0 Å². The number of rotatable bonds is 6. The molecule has 1 aliphatic rings. The van der Waals surface area contributed by atoms with E-state index in [-0.39, 0.29) is 17.8 Å². The van der Waals surface area contributed by atoms with Gasteiger partial charge in [-0.05, 0) is 49.1 Å². The van der Waals surface area contributed by atoms with Crippen LogP contribution in [0.3, 0.4) is 0 Å². The van der Waals surface area contributed by atoms with E-state index in [1.54, 1.807) is 24.2 Å². The summed E-state index contributed by atoms with van der Waals surface area (Å²) in [5.41, 5.74) is 1.44. The molecule has 0 bridgehead atoms. The van der Waals surface area contributed by atoms with Gasteiger partial charge in [-0.3, -0.25) is 9.78 Å². The van der Waals surface area contributed by atoms with Gasteiger partial charge in [0.2, 0.25) is 5.91 Å². The van der Waals surface area contributed by atoms with Crippen LogP contribution in [0, 0.1) is 5.82 Å². The first-order valence-corrected chi connectivity index (χ1v) is 8.69. The molecule has 0 aliphatic carbocycles. The van der Waals surface area contributed by atoms with Crippen molar-refractivity contribution < 1.29 is 13.9 Å². The molecule has 1 aliphatic heterocycles. The quantitative estimate of drug-likeness (QED) is 0.803. The van der Waals surface area contributed by atoms with Crippen LogP contribution in [0.1, 0.15) is 43.0 Å². The summed E-state index contributed by atoms with van der Waals surface area (Å²) < 4.78 is 19.3. The number of ether oxygens (including phenoxy) is 1. The molecule has 1 fully saturated rings. The van der Waals surface area contributed by atoms with Gasteiger partial charge in [-0.25, -0.2) is 4.39 Å². The molecule has 2 atom stereocenters. The summed E-state index contributed by atoms with van der Waals surface area (Å²) in [4.78, 5) is 18.8. The van der Waals surface area contributed by atoms with Gasteiger partial charge in [0.05, 0.1) is 17.8 Å². The summed E-state index contributed by atoms with van der Waals surface area (Å²) in [5, 5.41) is 0. The number of carbonyl (C=O) groups excluding carboxylic acids is 1. The normalized spacial score (nSPS) is 18.1. The van der Waals surface area contributed by atoms with E-state index in [0.29, 0.717) is 12.0 Å². The molecule has 1 saturated heterocycles. The number of halogens is 1. The Bertz CT molecular complexity index is 702. The number of hydrogen-bond acceptors (Lipinski definition) is 3. The fourth-order valence-electron chi connectivity index (χ4n) is 3.28. The van der Waals surface area contributed by atoms with Crippen LogP contribution in [-0.2, 0) is 9.53 Å². The number of nitrogens with zero attached hydrogens (tertiary/aromatic N) is 2.